The molecule has 1 amide bonds. The first kappa shape index (κ1) is 15.3. The Morgan fingerprint density at radius 2 is 1.76 bits per heavy atom. The average Bonchev–Trinajstić information content (AvgIpc) is 2.92. The van der Waals surface area contributed by atoms with Crippen LogP contribution in [-0.2, 0) is 0 Å². The molecule has 5 heteroatoms. The van der Waals surface area contributed by atoms with Crippen molar-refractivity contribution in [1.82, 2.24) is 9.97 Å². The summed E-state index contributed by atoms with van der Waals surface area (Å²) in [5.41, 5.74) is 5.95. The molecule has 5 nitrogen and oxygen atoms in total. The van der Waals surface area contributed by atoms with Crippen LogP contribution in [0.25, 0.3) is 22.0 Å². The number of furan rings is 1. The van der Waals surface area contributed by atoms with E-state index < -0.39 is 0 Å². The third-order valence-electron chi connectivity index (χ3n) is 4.30. The van der Waals surface area contributed by atoms with E-state index in [0.29, 0.717) is 11.4 Å². The van der Waals surface area contributed by atoms with Crippen molar-refractivity contribution in [3.63, 3.8) is 0 Å². The van der Waals surface area contributed by atoms with Crippen LogP contribution in [0.3, 0.4) is 0 Å². The van der Waals surface area contributed by atoms with Gasteiger partial charge in [-0.1, -0.05) is 6.07 Å². The summed E-state index contributed by atoms with van der Waals surface area (Å²) in [7, 11) is 0. The Morgan fingerprint density at radius 1 is 1.00 bits per heavy atom. The minimum Gasteiger partial charge on any atom is -0.450 e. The number of hydrogen-bond donors (Lipinski definition) is 1. The van der Waals surface area contributed by atoms with Gasteiger partial charge in [-0.2, -0.15) is 0 Å². The molecule has 2 aromatic carbocycles. The highest BCUT2D eigenvalue weighted by molar-refractivity contribution is 6.07. The van der Waals surface area contributed by atoms with Crippen LogP contribution in [0.1, 0.15) is 27.2 Å². The third kappa shape index (κ3) is 2.63. The summed E-state index contributed by atoms with van der Waals surface area (Å²) in [6.07, 6.45) is 3.27. The van der Waals surface area contributed by atoms with Crippen molar-refractivity contribution in [2.75, 3.05) is 5.32 Å². The topological polar surface area (TPSA) is 68.0 Å². The zero-order chi connectivity index (χ0) is 17.6. The van der Waals surface area contributed by atoms with E-state index in [4.69, 9.17) is 4.42 Å². The molecule has 2 aromatic heterocycles. The molecule has 4 rings (SSSR count). The van der Waals surface area contributed by atoms with Gasteiger partial charge in [-0.15, -0.1) is 0 Å². The quantitative estimate of drug-likeness (QED) is 0.585. The van der Waals surface area contributed by atoms with Gasteiger partial charge in [0.25, 0.3) is 5.91 Å². The van der Waals surface area contributed by atoms with Crippen LogP contribution >= 0.6 is 0 Å². The number of aryl methyl sites for hydroxylation is 3. The van der Waals surface area contributed by atoms with Gasteiger partial charge < -0.3 is 9.73 Å². The number of nitrogens with zero attached hydrogens (tertiary/aromatic N) is 2. The summed E-state index contributed by atoms with van der Waals surface area (Å²) in [5, 5.41) is 3.86. The van der Waals surface area contributed by atoms with Crippen LogP contribution in [0.2, 0.25) is 0 Å². The number of carbonyl (C=O) groups excluding carboxylic acids is 1. The first-order valence-electron chi connectivity index (χ1n) is 8.05. The van der Waals surface area contributed by atoms with Gasteiger partial charge in [0.2, 0.25) is 0 Å². The van der Waals surface area contributed by atoms with Crippen LogP contribution in [0.4, 0.5) is 5.69 Å². The molecule has 0 atom stereocenters. The van der Waals surface area contributed by atoms with E-state index in [1.54, 1.807) is 18.5 Å². The normalized spacial score (nSPS) is 11.2. The number of amides is 1. The predicted molar refractivity (Wildman–Crippen MR) is 97.9 cm³/mol. The van der Waals surface area contributed by atoms with Crippen LogP contribution in [-0.4, -0.2) is 15.9 Å². The lowest BCUT2D eigenvalue weighted by Crippen LogP contribution is -2.12. The minimum absolute atomic E-state index is 0.269. The largest absolute Gasteiger partial charge is 0.450 e. The molecule has 0 spiro atoms. The van der Waals surface area contributed by atoms with Gasteiger partial charge in [-0.3, -0.25) is 14.8 Å². The number of aromatic nitrogens is 2. The van der Waals surface area contributed by atoms with Gasteiger partial charge in [0.1, 0.15) is 5.58 Å². The molecule has 0 bridgehead atoms. The number of rotatable bonds is 2. The van der Waals surface area contributed by atoms with E-state index in [0.717, 1.165) is 38.7 Å². The van der Waals surface area contributed by atoms with Crippen molar-refractivity contribution in [2.45, 2.75) is 20.8 Å². The lowest BCUT2D eigenvalue weighted by Gasteiger charge is -2.05. The SMILES string of the molecule is Cc1cc(C)c2oc(C(=O)Nc3ccc4nccnc4c3)c(C)c2c1. The summed E-state index contributed by atoms with van der Waals surface area (Å²) in [6, 6.07) is 9.53. The molecule has 124 valence electrons. The first-order valence-corrected chi connectivity index (χ1v) is 8.05. The second-order valence-corrected chi connectivity index (χ2v) is 6.23. The zero-order valence-electron chi connectivity index (χ0n) is 14.3. The number of hydrogen-bond acceptors (Lipinski definition) is 4. The number of benzene rings is 2. The van der Waals surface area contributed by atoms with Crippen molar-refractivity contribution >= 4 is 33.6 Å². The molecule has 0 fully saturated rings. The van der Waals surface area contributed by atoms with E-state index >= 15 is 0 Å². The van der Waals surface area contributed by atoms with Crippen molar-refractivity contribution in [3.05, 3.63) is 65.2 Å². The Kier molecular flexibility index (Phi) is 3.50. The molecule has 0 saturated heterocycles. The molecular weight excluding hydrogens is 314 g/mol. The second-order valence-electron chi connectivity index (χ2n) is 6.23. The highest BCUT2D eigenvalue weighted by atomic mass is 16.3. The summed E-state index contributed by atoms with van der Waals surface area (Å²) >= 11 is 0. The summed E-state index contributed by atoms with van der Waals surface area (Å²) in [6.45, 7) is 5.93. The van der Waals surface area contributed by atoms with E-state index in [9.17, 15) is 4.79 Å². The van der Waals surface area contributed by atoms with Gasteiger partial charge in [-0.25, -0.2) is 0 Å². The fourth-order valence-electron chi connectivity index (χ4n) is 3.11. The predicted octanol–water partition coefficient (Wildman–Crippen LogP) is 4.55. The van der Waals surface area contributed by atoms with Crippen LogP contribution in [0.15, 0.2) is 47.1 Å². The molecule has 25 heavy (non-hydrogen) atoms. The Morgan fingerprint density at radius 3 is 2.56 bits per heavy atom. The number of fused-ring (bicyclic) bond motifs is 2. The van der Waals surface area contributed by atoms with Gasteiger partial charge in [0, 0.05) is 29.0 Å². The first-order chi connectivity index (χ1) is 12.0. The molecule has 0 aliphatic rings. The van der Waals surface area contributed by atoms with Gasteiger partial charge >= 0.3 is 0 Å². The number of anilines is 1. The lowest BCUT2D eigenvalue weighted by molar-refractivity contribution is 0.0998. The van der Waals surface area contributed by atoms with Crippen LogP contribution in [0.5, 0.6) is 0 Å². The van der Waals surface area contributed by atoms with Gasteiger partial charge in [0.15, 0.2) is 5.76 Å². The fraction of sp³-hybridized carbons (Fsp3) is 0.150. The maximum absolute atomic E-state index is 12.7. The minimum atomic E-state index is -0.269. The van der Waals surface area contributed by atoms with Crippen LogP contribution < -0.4 is 5.32 Å². The highest BCUT2D eigenvalue weighted by Gasteiger charge is 2.19. The number of nitrogens with one attached hydrogen (secondary N) is 1. The Labute approximate surface area is 144 Å². The summed E-state index contributed by atoms with van der Waals surface area (Å²) in [5.74, 6) is 0.0666. The van der Waals surface area contributed by atoms with E-state index in [2.05, 4.69) is 21.4 Å². The Balaban J connectivity index is 1.71. The Hall–Kier alpha value is -3.21. The van der Waals surface area contributed by atoms with Gasteiger partial charge in [0.05, 0.1) is 11.0 Å². The lowest BCUT2D eigenvalue weighted by atomic mass is 10.1. The van der Waals surface area contributed by atoms with E-state index in [1.807, 2.05) is 39.0 Å². The molecule has 0 saturated carbocycles. The van der Waals surface area contributed by atoms with Crippen molar-refractivity contribution in [3.8, 4) is 0 Å². The maximum atomic E-state index is 12.7. The summed E-state index contributed by atoms with van der Waals surface area (Å²) in [4.78, 5) is 21.2. The van der Waals surface area contributed by atoms with E-state index in [-0.39, 0.29) is 5.91 Å². The second kappa shape index (κ2) is 5.70. The zero-order valence-corrected chi connectivity index (χ0v) is 14.3. The molecule has 0 aliphatic carbocycles. The maximum Gasteiger partial charge on any atom is 0.291 e. The van der Waals surface area contributed by atoms with Crippen LogP contribution in [0, 0.1) is 20.8 Å². The highest BCUT2D eigenvalue weighted by Crippen LogP contribution is 2.29. The smallest absolute Gasteiger partial charge is 0.291 e. The van der Waals surface area contributed by atoms with Crippen molar-refractivity contribution < 1.29 is 9.21 Å². The molecule has 0 unspecified atom stereocenters. The van der Waals surface area contributed by atoms with Crippen molar-refractivity contribution in [2.24, 2.45) is 0 Å². The third-order valence-corrected chi connectivity index (χ3v) is 4.30. The molecule has 4 aromatic rings. The monoisotopic (exact) mass is 331 g/mol. The Bertz CT molecular complexity index is 1130. The summed E-state index contributed by atoms with van der Waals surface area (Å²) < 4.78 is 5.87. The molecular formula is C20H17N3O2. The molecule has 0 aliphatic heterocycles. The average molecular weight is 331 g/mol. The van der Waals surface area contributed by atoms with E-state index in [1.165, 1.54) is 0 Å². The standard InChI is InChI=1S/C20H17N3O2/c1-11-8-12(2)18-15(9-11)13(3)19(25-18)20(24)23-14-4-5-16-17(10-14)22-7-6-21-16/h4-10H,1-3H3,(H,23,24). The molecule has 1 N–H and O–H groups in total. The van der Waals surface area contributed by atoms with Gasteiger partial charge in [-0.05, 0) is 56.2 Å². The van der Waals surface area contributed by atoms with Crippen molar-refractivity contribution in [1.29, 1.82) is 0 Å². The number of carbonyl (C=O) groups is 1. The molecule has 0 radical (unpaired) electrons. The molecule has 2 heterocycles. The fourth-order valence-corrected chi connectivity index (χ4v) is 3.11.